The van der Waals surface area contributed by atoms with Crippen molar-refractivity contribution in [3.05, 3.63) is 53.9 Å². The van der Waals surface area contributed by atoms with Crippen LogP contribution in [0.25, 0.3) is 0 Å². The Morgan fingerprint density at radius 2 is 1.92 bits per heavy atom. The molecule has 3 rings (SSSR count). The molecule has 4 nitrogen and oxygen atoms in total. The maximum atomic E-state index is 12.6. The highest BCUT2D eigenvalue weighted by atomic mass is 32.2. The highest BCUT2D eigenvalue weighted by Gasteiger charge is 2.44. The first kappa shape index (κ1) is 17.7. The van der Waals surface area contributed by atoms with Gasteiger partial charge in [0.2, 0.25) is 5.91 Å². The molecule has 0 saturated heterocycles. The third-order valence-corrected chi connectivity index (χ3v) is 4.98. The lowest BCUT2D eigenvalue weighted by Gasteiger charge is -2.16. The lowest BCUT2D eigenvalue weighted by Crippen LogP contribution is -2.33. The van der Waals surface area contributed by atoms with Crippen LogP contribution in [0.1, 0.15) is 24.1 Å². The Bertz CT molecular complexity index is 748. The number of benzene rings is 1. The van der Waals surface area contributed by atoms with E-state index in [2.05, 4.69) is 15.3 Å². The Balaban J connectivity index is 1.51. The fraction of sp³-hybridized carbons (Fsp3) is 0.353. The van der Waals surface area contributed by atoms with Gasteiger partial charge in [0.15, 0.2) is 5.16 Å². The summed E-state index contributed by atoms with van der Waals surface area (Å²) in [5.74, 6) is -0.264. The average Bonchev–Trinajstić information content (AvgIpc) is 3.40. The molecule has 132 valence electrons. The van der Waals surface area contributed by atoms with Gasteiger partial charge in [-0.2, -0.15) is 13.2 Å². The van der Waals surface area contributed by atoms with Gasteiger partial charge in [-0.15, -0.1) is 0 Å². The van der Waals surface area contributed by atoms with Crippen molar-refractivity contribution in [3.8, 4) is 0 Å². The van der Waals surface area contributed by atoms with Gasteiger partial charge in [0, 0.05) is 18.2 Å². The van der Waals surface area contributed by atoms with Crippen molar-refractivity contribution in [2.45, 2.75) is 29.6 Å². The molecule has 0 bridgehead atoms. The molecule has 1 heterocycles. The molecule has 1 amide bonds. The summed E-state index contributed by atoms with van der Waals surface area (Å²) in [5.41, 5.74) is 0.185. The van der Waals surface area contributed by atoms with Gasteiger partial charge in [0.25, 0.3) is 0 Å². The minimum atomic E-state index is -4.52. The second-order valence-corrected chi connectivity index (χ2v) is 6.88. The summed E-state index contributed by atoms with van der Waals surface area (Å²) in [6.45, 7) is 0.528. The van der Waals surface area contributed by atoms with Crippen molar-refractivity contribution in [1.29, 1.82) is 0 Å². The monoisotopic (exact) mass is 367 g/mol. The van der Waals surface area contributed by atoms with Crippen molar-refractivity contribution in [3.63, 3.8) is 0 Å². The van der Waals surface area contributed by atoms with Crippen molar-refractivity contribution < 1.29 is 18.0 Å². The van der Waals surface area contributed by atoms with Crippen LogP contribution in [0, 0.1) is 0 Å². The molecule has 2 aromatic rings. The molecule has 1 aliphatic rings. The lowest BCUT2D eigenvalue weighted by molar-refractivity contribution is -0.141. The fourth-order valence-electron chi connectivity index (χ4n) is 2.53. The fourth-order valence-corrected chi connectivity index (χ4v) is 3.19. The van der Waals surface area contributed by atoms with Crippen molar-refractivity contribution >= 4 is 17.7 Å². The standard InChI is InChI=1S/C17H16F3N3OS/c18-17(19,20)13-6-9-21-15(23-13)25-10-14(24)22-11-16(7-8-16)12-4-2-1-3-5-12/h1-6,9H,7-8,10-11H2,(H,22,24). The first-order valence-electron chi connectivity index (χ1n) is 7.74. The van der Waals surface area contributed by atoms with Crippen LogP contribution in [0.3, 0.4) is 0 Å². The second-order valence-electron chi connectivity index (χ2n) is 5.93. The minimum Gasteiger partial charge on any atom is -0.354 e. The maximum Gasteiger partial charge on any atom is 0.433 e. The largest absolute Gasteiger partial charge is 0.433 e. The van der Waals surface area contributed by atoms with Gasteiger partial charge in [-0.25, -0.2) is 9.97 Å². The van der Waals surface area contributed by atoms with Crippen LogP contribution in [0.4, 0.5) is 13.2 Å². The number of amides is 1. The van der Waals surface area contributed by atoms with E-state index < -0.39 is 11.9 Å². The molecule has 1 aliphatic carbocycles. The SMILES string of the molecule is O=C(CSc1nccc(C(F)(F)F)n1)NCC1(c2ccccc2)CC1. The molecule has 0 unspecified atom stereocenters. The van der Waals surface area contributed by atoms with Gasteiger partial charge in [-0.1, -0.05) is 42.1 Å². The van der Waals surface area contributed by atoms with Crippen LogP contribution in [0.15, 0.2) is 47.8 Å². The third kappa shape index (κ3) is 4.50. The van der Waals surface area contributed by atoms with Gasteiger partial charge >= 0.3 is 6.18 Å². The molecule has 1 aromatic carbocycles. The van der Waals surface area contributed by atoms with E-state index in [1.54, 1.807) is 0 Å². The van der Waals surface area contributed by atoms with E-state index in [9.17, 15) is 18.0 Å². The molecule has 1 N–H and O–H groups in total. The quantitative estimate of drug-likeness (QED) is 0.628. The Kier molecular flexibility index (Phi) is 4.99. The van der Waals surface area contributed by atoms with Crippen molar-refractivity contribution in [1.82, 2.24) is 15.3 Å². The summed E-state index contributed by atoms with van der Waals surface area (Å²) >= 11 is 0.891. The highest BCUT2D eigenvalue weighted by molar-refractivity contribution is 7.99. The predicted octanol–water partition coefficient (Wildman–Crippen LogP) is 3.44. The summed E-state index contributed by atoms with van der Waals surface area (Å²) < 4.78 is 37.8. The van der Waals surface area contributed by atoms with Gasteiger partial charge in [0.1, 0.15) is 5.69 Å². The molecule has 1 fully saturated rings. The summed E-state index contributed by atoms with van der Waals surface area (Å²) in [5, 5.41) is 2.80. The number of hydrogen-bond donors (Lipinski definition) is 1. The molecule has 25 heavy (non-hydrogen) atoms. The number of hydrogen-bond acceptors (Lipinski definition) is 4. The molecule has 8 heteroatoms. The smallest absolute Gasteiger partial charge is 0.354 e. The van der Waals surface area contributed by atoms with E-state index in [0.717, 1.165) is 36.9 Å². The first-order valence-corrected chi connectivity index (χ1v) is 8.73. The Morgan fingerprint density at radius 3 is 2.56 bits per heavy atom. The van der Waals surface area contributed by atoms with Crippen molar-refractivity contribution in [2.75, 3.05) is 12.3 Å². The zero-order valence-corrected chi connectivity index (χ0v) is 14.0. The summed E-state index contributed by atoms with van der Waals surface area (Å²) in [6, 6.07) is 10.8. The Morgan fingerprint density at radius 1 is 1.20 bits per heavy atom. The van der Waals surface area contributed by atoms with E-state index >= 15 is 0 Å². The van der Waals surface area contributed by atoms with E-state index in [1.165, 1.54) is 5.56 Å². The molecule has 1 saturated carbocycles. The van der Waals surface area contributed by atoms with Crippen LogP contribution in [0.5, 0.6) is 0 Å². The average molecular weight is 367 g/mol. The first-order chi connectivity index (χ1) is 11.9. The van der Waals surface area contributed by atoms with Crippen LogP contribution in [0.2, 0.25) is 0 Å². The van der Waals surface area contributed by atoms with Gasteiger partial charge in [0.05, 0.1) is 5.75 Å². The van der Waals surface area contributed by atoms with E-state index in [1.807, 2.05) is 30.3 Å². The number of carbonyl (C=O) groups excluding carboxylic acids is 1. The second kappa shape index (κ2) is 7.03. The van der Waals surface area contributed by atoms with Gasteiger partial charge < -0.3 is 5.32 Å². The van der Waals surface area contributed by atoms with Crippen LogP contribution in [-0.4, -0.2) is 28.2 Å². The van der Waals surface area contributed by atoms with E-state index in [-0.39, 0.29) is 22.2 Å². The summed E-state index contributed by atoms with van der Waals surface area (Å²) in [6.07, 6.45) is -1.44. The predicted molar refractivity (Wildman–Crippen MR) is 88.1 cm³/mol. The molecule has 0 radical (unpaired) electrons. The van der Waals surface area contributed by atoms with Gasteiger partial charge in [-0.3, -0.25) is 4.79 Å². The number of rotatable bonds is 6. The number of carbonyl (C=O) groups is 1. The van der Waals surface area contributed by atoms with Crippen molar-refractivity contribution in [2.24, 2.45) is 0 Å². The summed E-state index contributed by atoms with van der Waals surface area (Å²) in [4.78, 5) is 19.2. The maximum absolute atomic E-state index is 12.6. The number of aromatic nitrogens is 2. The Hall–Kier alpha value is -2.09. The molecule has 0 atom stereocenters. The molecular formula is C17H16F3N3OS. The zero-order valence-electron chi connectivity index (χ0n) is 13.2. The number of nitrogens with one attached hydrogen (secondary N) is 1. The van der Waals surface area contributed by atoms with Crippen LogP contribution in [-0.2, 0) is 16.4 Å². The van der Waals surface area contributed by atoms with Crippen LogP contribution < -0.4 is 5.32 Å². The number of alkyl halides is 3. The normalized spacial score (nSPS) is 15.6. The third-order valence-electron chi connectivity index (χ3n) is 4.12. The molecule has 0 spiro atoms. The Labute approximate surface area is 147 Å². The number of halogens is 3. The minimum absolute atomic E-state index is 0.00567. The van der Waals surface area contributed by atoms with Gasteiger partial charge in [-0.05, 0) is 24.5 Å². The number of thioether (sulfide) groups is 1. The molecule has 1 aromatic heterocycles. The molecule has 0 aliphatic heterocycles. The van der Waals surface area contributed by atoms with E-state index in [4.69, 9.17) is 0 Å². The van der Waals surface area contributed by atoms with Crippen LogP contribution >= 0.6 is 11.8 Å². The van der Waals surface area contributed by atoms with E-state index in [0.29, 0.717) is 6.54 Å². The topological polar surface area (TPSA) is 54.9 Å². The lowest BCUT2D eigenvalue weighted by atomic mass is 9.96. The number of nitrogens with zero attached hydrogens (tertiary/aromatic N) is 2. The highest BCUT2D eigenvalue weighted by Crippen LogP contribution is 2.47. The summed E-state index contributed by atoms with van der Waals surface area (Å²) in [7, 11) is 0. The zero-order chi connectivity index (χ0) is 17.9. The molecular weight excluding hydrogens is 351 g/mol.